The fourth-order valence-electron chi connectivity index (χ4n) is 2.44. The van der Waals surface area contributed by atoms with Crippen molar-refractivity contribution in [1.82, 2.24) is 5.43 Å². The third kappa shape index (κ3) is 5.60. The molecular formula is C19H24N4O5. The molecule has 0 bridgehead atoms. The van der Waals surface area contributed by atoms with Crippen LogP contribution in [0.15, 0.2) is 41.5 Å². The molecule has 0 unspecified atom stereocenters. The predicted molar refractivity (Wildman–Crippen MR) is 105 cm³/mol. The van der Waals surface area contributed by atoms with Crippen molar-refractivity contribution in [1.29, 1.82) is 0 Å². The van der Waals surface area contributed by atoms with Crippen molar-refractivity contribution >= 4 is 12.2 Å². The number of rotatable bonds is 9. The van der Waals surface area contributed by atoms with E-state index >= 15 is 0 Å². The smallest absolute Gasteiger partial charge is 0.315 e. The number of nitrogens with two attached hydrogens (primary N) is 2. The topological polar surface area (TPSA) is 130 Å². The Kier molecular flexibility index (Phi) is 7.61. The molecule has 0 radical (unpaired) electrons. The molecule has 5 N–H and O–H groups in total. The van der Waals surface area contributed by atoms with E-state index in [0.717, 1.165) is 0 Å². The second-order valence-electron chi connectivity index (χ2n) is 5.64. The number of hydrogen-bond acceptors (Lipinski definition) is 9. The summed E-state index contributed by atoms with van der Waals surface area (Å²) in [5.74, 6) is 1.27. The van der Waals surface area contributed by atoms with Gasteiger partial charge < -0.3 is 18.9 Å². The van der Waals surface area contributed by atoms with Crippen LogP contribution in [0.25, 0.3) is 0 Å². The van der Waals surface area contributed by atoms with E-state index < -0.39 is 12.3 Å². The minimum Gasteiger partial charge on any atom is -0.493 e. The highest BCUT2D eigenvalue weighted by Crippen LogP contribution is 2.38. The molecule has 2 aromatic rings. The molecule has 0 atom stereocenters. The van der Waals surface area contributed by atoms with Gasteiger partial charge in [0.1, 0.15) is 12.0 Å². The first kappa shape index (κ1) is 21.0. The summed E-state index contributed by atoms with van der Waals surface area (Å²) in [6.45, 7) is 0. The first-order valence-electron chi connectivity index (χ1n) is 8.36. The third-order valence-electron chi connectivity index (χ3n) is 3.64. The van der Waals surface area contributed by atoms with Crippen molar-refractivity contribution in [3.05, 3.63) is 47.5 Å². The maximum Gasteiger partial charge on any atom is 0.315 e. The number of nitrogens with zero attached hydrogens (tertiary/aromatic N) is 1. The summed E-state index contributed by atoms with van der Waals surface area (Å²) in [6, 6.07) is 10.3. The molecule has 0 saturated carbocycles. The van der Waals surface area contributed by atoms with Crippen LogP contribution in [0.2, 0.25) is 0 Å². The third-order valence-corrected chi connectivity index (χ3v) is 3.64. The zero-order valence-electron chi connectivity index (χ0n) is 16.0. The van der Waals surface area contributed by atoms with Crippen LogP contribution >= 0.6 is 0 Å². The van der Waals surface area contributed by atoms with E-state index in [1.54, 1.807) is 36.4 Å². The SMILES string of the molecule is COc1cc(CC(=O)Oc2ccccc2/C=N/NC(N)N)cc(OC)c1OC. The molecule has 9 nitrogen and oxygen atoms in total. The second-order valence-corrected chi connectivity index (χ2v) is 5.64. The first-order chi connectivity index (χ1) is 13.5. The maximum atomic E-state index is 12.4. The highest BCUT2D eigenvalue weighted by Gasteiger charge is 2.16. The van der Waals surface area contributed by atoms with Gasteiger partial charge in [-0.15, -0.1) is 0 Å². The summed E-state index contributed by atoms with van der Waals surface area (Å²) in [5.41, 5.74) is 14.5. The van der Waals surface area contributed by atoms with Gasteiger partial charge in [-0.3, -0.25) is 21.7 Å². The molecular weight excluding hydrogens is 364 g/mol. The zero-order chi connectivity index (χ0) is 20.5. The summed E-state index contributed by atoms with van der Waals surface area (Å²) in [6.07, 6.45) is 0.689. The van der Waals surface area contributed by atoms with Crippen LogP contribution in [-0.2, 0) is 11.2 Å². The van der Waals surface area contributed by atoms with E-state index in [-0.39, 0.29) is 6.42 Å². The van der Waals surface area contributed by atoms with Gasteiger partial charge in [0, 0.05) is 5.56 Å². The molecule has 28 heavy (non-hydrogen) atoms. The summed E-state index contributed by atoms with van der Waals surface area (Å²) in [7, 11) is 4.53. The summed E-state index contributed by atoms with van der Waals surface area (Å²) in [4.78, 5) is 12.4. The molecule has 0 fully saturated rings. The predicted octanol–water partition coefficient (Wildman–Crippen LogP) is 0.985. The Labute approximate surface area is 163 Å². The van der Waals surface area contributed by atoms with Gasteiger partial charge in [0.2, 0.25) is 5.75 Å². The van der Waals surface area contributed by atoms with Crippen LogP contribution in [0.1, 0.15) is 11.1 Å². The van der Waals surface area contributed by atoms with Gasteiger partial charge in [0.05, 0.1) is 34.0 Å². The van der Waals surface area contributed by atoms with Gasteiger partial charge in [-0.25, -0.2) is 0 Å². The fraction of sp³-hybridized carbons (Fsp3) is 0.263. The van der Waals surface area contributed by atoms with Gasteiger partial charge >= 0.3 is 5.97 Å². The molecule has 0 spiro atoms. The van der Waals surface area contributed by atoms with Crippen molar-refractivity contribution in [2.24, 2.45) is 16.6 Å². The molecule has 0 aliphatic carbocycles. The Morgan fingerprint density at radius 1 is 1.07 bits per heavy atom. The molecule has 0 heterocycles. The number of nitrogens with one attached hydrogen (secondary N) is 1. The highest BCUT2D eigenvalue weighted by atomic mass is 16.5. The van der Waals surface area contributed by atoms with Crippen molar-refractivity contribution in [3.8, 4) is 23.0 Å². The Balaban J connectivity index is 2.16. The Morgan fingerprint density at radius 3 is 2.29 bits per heavy atom. The van der Waals surface area contributed by atoms with E-state index in [4.69, 9.17) is 30.4 Å². The maximum absolute atomic E-state index is 12.4. The summed E-state index contributed by atoms with van der Waals surface area (Å²) < 4.78 is 21.4. The summed E-state index contributed by atoms with van der Waals surface area (Å²) >= 11 is 0. The van der Waals surface area contributed by atoms with Gasteiger partial charge in [-0.1, -0.05) is 12.1 Å². The largest absolute Gasteiger partial charge is 0.493 e. The zero-order valence-corrected chi connectivity index (χ0v) is 16.0. The van der Waals surface area contributed by atoms with E-state index in [0.29, 0.717) is 34.1 Å². The molecule has 0 aromatic heterocycles. The number of esters is 1. The molecule has 0 amide bonds. The van der Waals surface area contributed by atoms with Gasteiger partial charge in [0.25, 0.3) is 0 Å². The number of hydrazone groups is 1. The number of methoxy groups -OCH3 is 3. The van der Waals surface area contributed by atoms with Crippen molar-refractivity contribution in [2.75, 3.05) is 21.3 Å². The van der Waals surface area contributed by atoms with Gasteiger partial charge in [0.15, 0.2) is 11.5 Å². The molecule has 0 aliphatic rings. The van der Waals surface area contributed by atoms with Crippen molar-refractivity contribution in [3.63, 3.8) is 0 Å². The van der Waals surface area contributed by atoms with E-state index in [9.17, 15) is 4.79 Å². The first-order valence-corrected chi connectivity index (χ1v) is 8.36. The highest BCUT2D eigenvalue weighted by molar-refractivity contribution is 5.85. The average molecular weight is 388 g/mol. The van der Waals surface area contributed by atoms with Crippen LogP contribution in [0.4, 0.5) is 0 Å². The number of carbonyl (C=O) groups excluding carboxylic acids is 1. The molecule has 150 valence electrons. The minimum absolute atomic E-state index is 0.00805. The second kappa shape index (κ2) is 10.1. The minimum atomic E-state index is -0.786. The Morgan fingerprint density at radius 2 is 1.71 bits per heavy atom. The van der Waals surface area contributed by atoms with E-state index in [1.165, 1.54) is 27.5 Å². The number of carbonyl (C=O) groups is 1. The number of para-hydroxylation sites is 1. The van der Waals surface area contributed by atoms with E-state index in [2.05, 4.69) is 10.5 Å². The standard InChI is InChI=1S/C19H24N4O5/c1-25-15-8-12(9-16(26-2)18(15)27-3)10-17(24)28-14-7-5-4-6-13(14)11-22-23-19(20)21/h4-9,11,19,23H,10,20-21H2,1-3H3/b22-11+. The normalized spacial score (nSPS) is 10.8. The van der Waals surface area contributed by atoms with Crippen molar-refractivity contribution in [2.45, 2.75) is 12.7 Å². The Hall–Kier alpha value is -3.30. The molecule has 2 aromatic carbocycles. The lowest BCUT2D eigenvalue weighted by Crippen LogP contribution is -2.42. The van der Waals surface area contributed by atoms with Gasteiger partial charge in [-0.05, 0) is 29.8 Å². The van der Waals surface area contributed by atoms with Crippen molar-refractivity contribution < 1.29 is 23.7 Å². The molecule has 0 aliphatic heterocycles. The van der Waals surface area contributed by atoms with Crippen LogP contribution in [-0.4, -0.2) is 39.8 Å². The lowest BCUT2D eigenvalue weighted by atomic mass is 10.1. The van der Waals surface area contributed by atoms with Gasteiger partial charge in [-0.2, -0.15) is 5.10 Å². The van der Waals surface area contributed by atoms with Crippen LogP contribution in [0, 0.1) is 0 Å². The van der Waals surface area contributed by atoms with Crippen LogP contribution in [0.5, 0.6) is 23.0 Å². The number of hydrogen-bond donors (Lipinski definition) is 3. The summed E-state index contributed by atoms with van der Waals surface area (Å²) in [5, 5.41) is 3.89. The fourth-order valence-corrected chi connectivity index (χ4v) is 2.44. The quantitative estimate of drug-likeness (QED) is 0.191. The van der Waals surface area contributed by atoms with Crippen LogP contribution in [0.3, 0.4) is 0 Å². The number of ether oxygens (including phenoxy) is 4. The molecule has 2 rings (SSSR count). The molecule has 0 saturated heterocycles. The Bertz CT molecular complexity index is 814. The molecule has 9 heteroatoms. The lowest BCUT2D eigenvalue weighted by Gasteiger charge is -2.14. The monoisotopic (exact) mass is 388 g/mol. The number of benzene rings is 2. The van der Waals surface area contributed by atoms with Crippen LogP contribution < -0.4 is 35.8 Å². The average Bonchev–Trinajstić information content (AvgIpc) is 2.68. The lowest BCUT2D eigenvalue weighted by molar-refractivity contribution is -0.133. The van der Waals surface area contributed by atoms with E-state index in [1.807, 2.05) is 0 Å².